The van der Waals surface area contributed by atoms with Gasteiger partial charge in [-0.25, -0.2) is 0 Å². The predicted molar refractivity (Wildman–Crippen MR) is 72.1 cm³/mol. The van der Waals surface area contributed by atoms with Crippen LogP contribution in [0.25, 0.3) is 0 Å². The molecule has 0 aromatic heterocycles. The molecule has 1 aliphatic heterocycles. The van der Waals surface area contributed by atoms with Crippen molar-refractivity contribution in [1.82, 2.24) is 10.2 Å². The summed E-state index contributed by atoms with van der Waals surface area (Å²) >= 11 is 0. The third-order valence-corrected chi connectivity index (χ3v) is 4.38. The van der Waals surface area contributed by atoms with Crippen LogP contribution in [0.3, 0.4) is 0 Å². The van der Waals surface area contributed by atoms with E-state index < -0.39 is 11.1 Å². The van der Waals surface area contributed by atoms with E-state index >= 15 is 0 Å². The monoisotopic (exact) mass is 254 g/mol. The van der Waals surface area contributed by atoms with E-state index in [4.69, 9.17) is 0 Å². The van der Waals surface area contributed by atoms with Gasteiger partial charge in [0, 0.05) is 6.04 Å². The van der Waals surface area contributed by atoms with E-state index in [-0.39, 0.29) is 17.9 Å². The van der Waals surface area contributed by atoms with Gasteiger partial charge in [-0.15, -0.1) is 0 Å². The van der Waals surface area contributed by atoms with E-state index in [0.29, 0.717) is 12.8 Å². The van der Waals surface area contributed by atoms with Crippen LogP contribution in [0.5, 0.6) is 0 Å². The van der Waals surface area contributed by atoms with Gasteiger partial charge in [-0.05, 0) is 40.0 Å². The molecule has 0 aromatic carbocycles. The second-order valence-corrected chi connectivity index (χ2v) is 5.73. The highest BCUT2D eigenvalue weighted by atomic mass is 16.2. The largest absolute Gasteiger partial charge is 0.340 e. The molecule has 4 heteroatoms. The average molecular weight is 254 g/mol. The minimum atomic E-state index is -0.764. The van der Waals surface area contributed by atoms with Crippen LogP contribution in [0.4, 0.5) is 0 Å². The molecule has 0 aliphatic carbocycles. The molecule has 0 aromatic rings. The number of amides is 2. The number of hydrogen-bond donors (Lipinski definition) is 1. The van der Waals surface area contributed by atoms with Crippen molar-refractivity contribution >= 4 is 11.8 Å². The third kappa shape index (κ3) is 2.02. The maximum Gasteiger partial charge on any atom is 0.249 e. The summed E-state index contributed by atoms with van der Waals surface area (Å²) in [6, 6.07) is 0.0797. The number of nitrogens with one attached hydrogen (secondary N) is 1. The van der Waals surface area contributed by atoms with Crippen LogP contribution in [0.2, 0.25) is 0 Å². The Kier molecular flexibility index (Phi) is 4.08. The molecule has 1 unspecified atom stereocenters. The smallest absolute Gasteiger partial charge is 0.249 e. The second kappa shape index (κ2) is 4.90. The van der Waals surface area contributed by atoms with Crippen molar-refractivity contribution in [2.24, 2.45) is 0 Å². The molecule has 0 spiro atoms. The summed E-state index contributed by atoms with van der Waals surface area (Å²) in [6.45, 7) is 11.6. The third-order valence-electron chi connectivity index (χ3n) is 4.38. The van der Waals surface area contributed by atoms with Crippen molar-refractivity contribution in [1.29, 1.82) is 0 Å². The molecular weight excluding hydrogens is 228 g/mol. The summed E-state index contributed by atoms with van der Waals surface area (Å²) in [5.74, 6) is 0.0116. The van der Waals surface area contributed by atoms with Crippen molar-refractivity contribution in [3.8, 4) is 0 Å². The lowest BCUT2D eigenvalue weighted by Gasteiger charge is -2.51. The highest BCUT2D eigenvalue weighted by Crippen LogP contribution is 2.32. The zero-order valence-electron chi connectivity index (χ0n) is 12.5. The molecule has 4 nitrogen and oxygen atoms in total. The van der Waals surface area contributed by atoms with Gasteiger partial charge in [0.25, 0.3) is 0 Å². The van der Waals surface area contributed by atoms with E-state index in [0.717, 1.165) is 6.42 Å². The van der Waals surface area contributed by atoms with Gasteiger partial charge in [-0.1, -0.05) is 20.8 Å². The maximum atomic E-state index is 12.8. The van der Waals surface area contributed by atoms with E-state index in [1.54, 1.807) is 4.90 Å². The summed E-state index contributed by atoms with van der Waals surface area (Å²) in [7, 11) is 0. The first-order chi connectivity index (χ1) is 8.26. The molecule has 1 saturated heterocycles. The van der Waals surface area contributed by atoms with Gasteiger partial charge in [-0.3, -0.25) is 9.59 Å². The standard InChI is InChI=1S/C14H26N2O2/c1-7-10(4)16-12(18)14(8-2,9-3)15-11(17)13(16,5)6/h10H,7-9H2,1-6H3,(H,15,17). The Morgan fingerprint density at radius 1 is 1.17 bits per heavy atom. The molecule has 0 bridgehead atoms. The number of carbonyl (C=O) groups excluding carboxylic acids is 2. The molecule has 1 heterocycles. The van der Waals surface area contributed by atoms with Crippen molar-refractivity contribution in [3.05, 3.63) is 0 Å². The SMILES string of the molecule is CCC(C)N1C(=O)C(CC)(CC)NC(=O)C1(C)C. The van der Waals surface area contributed by atoms with Crippen LogP contribution < -0.4 is 5.32 Å². The zero-order valence-corrected chi connectivity index (χ0v) is 12.5. The quantitative estimate of drug-likeness (QED) is 0.835. The second-order valence-electron chi connectivity index (χ2n) is 5.73. The topological polar surface area (TPSA) is 49.4 Å². The van der Waals surface area contributed by atoms with Gasteiger partial charge < -0.3 is 10.2 Å². The Bertz CT molecular complexity index is 346. The normalized spacial score (nSPS) is 23.8. The Balaban J connectivity index is 3.25. The van der Waals surface area contributed by atoms with E-state index in [9.17, 15) is 9.59 Å². The van der Waals surface area contributed by atoms with Gasteiger partial charge in [0.1, 0.15) is 11.1 Å². The molecule has 1 fully saturated rings. The minimum absolute atomic E-state index is 0.0499. The van der Waals surface area contributed by atoms with Crippen LogP contribution >= 0.6 is 0 Å². The van der Waals surface area contributed by atoms with Crippen molar-refractivity contribution in [2.75, 3.05) is 0 Å². The molecule has 1 rings (SSSR count). The summed E-state index contributed by atoms with van der Waals surface area (Å²) < 4.78 is 0. The number of nitrogens with zero attached hydrogens (tertiary/aromatic N) is 1. The first-order valence-corrected chi connectivity index (χ1v) is 6.93. The average Bonchev–Trinajstić information content (AvgIpc) is 2.33. The van der Waals surface area contributed by atoms with Crippen LogP contribution in [0.1, 0.15) is 60.8 Å². The zero-order chi connectivity index (χ0) is 14.1. The van der Waals surface area contributed by atoms with Crippen LogP contribution in [-0.2, 0) is 9.59 Å². The molecule has 1 atom stereocenters. The molecule has 1 N–H and O–H groups in total. The summed E-state index contributed by atoms with van der Waals surface area (Å²) in [5, 5.41) is 2.95. The summed E-state index contributed by atoms with van der Waals surface area (Å²) in [6.07, 6.45) is 2.13. The van der Waals surface area contributed by atoms with Crippen molar-refractivity contribution in [2.45, 2.75) is 77.9 Å². The fraction of sp³-hybridized carbons (Fsp3) is 0.857. The number of piperazine rings is 1. The lowest BCUT2D eigenvalue weighted by atomic mass is 9.82. The Morgan fingerprint density at radius 2 is 1.67 bits per heavy atom. The highest BCUT2D eigenvalue weighted by Gasteiger charge is 2.53. The van der Waals surface area contributed by atoms with E-state index in [2.05, 4.69) is 5.32 Å². The maximum absolute atomic E-state index is 12.8. The predicted octanol–water partition coefficient (Wildman–Crippen LogP) is 2.08. The molecule has 1 aliphatic rings. The molecule has 18 heavy (non-hydrogen) atoms. The lowest BCUT2D eigenvalue weighted by Crippen LogP contribution is -2.75. The first kappa shape index (κ1) is 15.0. The lowest BCUT2D eigenvalue weighted by molar-refractivity contribution is -0.164. The van der Waals surface area contributed by atoms with Crippen molar-refractivity contribution in [3.63, 3.8) is 0 Å². The number of rotatable bonds is 4. The molecular formula is C14H26N2O2. The Hall–Kier alpha value is -1.06. The number of hydrogen-bond acceptors (Lipinski definition) is 2. The Morgan fingerprint density at radius 3 is 2.06 bits per heavy atom. The van der Waals surface area contributed by atoms with Gasteiger partial charge in [-0.2, -0.15) is 0 Å². The number of carbonyl (C=O) groups is 2. The molecule has 0 radical (unpaired) electrons. The Labute approximate surface area is 110 Å². The van der Waals surface area contributed by atoms with Crippen LogP contribution in [-0.4, -0.2) is 33.8 Å². The first-order valence-electron chi connectivity index (χ1n) is 6.93. The van der Waals surface area contributed by atoms with Crippen LogP contribution in [0.15, 0.2) is 0 Å². The van der Waals surface area contributed by atoms with E-state index in [1.807, 2.05) is 41.5 Å². The van der Waals surface area contributed by atoms with Gasteiger partial charge in [0.05, 0.1) is 0 Å². The van der Waals surface area contributed by atoms with Crippen molar-refractivity contribution < 1.29 is 9.59 Å². The van der Waals surface area contributed by atoms with Gasteiger partial charge in [0.15, 0.2) is 0 Å². The fourth-order valence-corrected chi connectivity index (χ4v) is 2.68. The van der Waals surface area contributed by atoms with Gasteiger partial charge >= 0.3 is 0 Å². The summed E-state index contributed by atoms with van der Waals surface area (Å²) in [4.78, 5) is 26.9. The van der Waals surface area contributed by atoms with E-state index in [1.165, 1.54) is 0 Å². The molecule has 2 amide bonds. The summed E-state index contributed by atoms with van der Waals surface area (Å²) in [5.41, 5.74) is -1.48. The van der Waals surface area contributed by atoms with Gasteiger partial charge in [0.2, 0.25) is 11.8 Å². The highest BCUT2D eigenvalue weighted by molar-refractivity contribution is 6.02. The fourth-order valence-electron chi connectivity index (χ4n) is 2.68. The molecule has 0 saturated carbocycles. The minimum Gasteiger partial charge on any atom is -0.340 e. The van der Waals surface area contributed by atoms with Crippen LogP contribution in [0, 0.1) is 0 Å². The molecule has 104 valence electrons.